The van der Waals surface area contributed by atoms with Crippen molar-refractivity contribution in [2.24, 2.45) is 0 Å². The third-order valence-corrected chi connectivity index (χ3v) is 2.68. The molecule has 0 aliphatic carbocycles. The first-order valence-corrected chi connectivity index (χ1v) is 5.99. The molecule has 1 amide bonds. The maximum Gasteiger partial charge on any atom is 0.345 e. The largest absolute Gasteiger partial charge is 0.358 e. The smallest absolute Gasteiger partial charge is 0.345 e. The zero-order chi connectivity index (χ0) is 15.4. The molecule has 0 bridgehead atoms. The molecule has 106 valence electrons. The molecule has 2 aromatic rings. The first-order chi connectivity index (χ1) is 10.0. The minimum atomic E-state index is -0.601. The van der Waals surface area contributed by atoms with Crippen molar-refractivity contribution in [2.75, 3.05) is 5.32 Å². The zero-order valence-corrected chi connectivity index (χ0v) is 11.1. The van der Waals surface area contributed by atoms with E-state index in [1.54, 1.807) is 31.2 Å². The highest BCUT2D eigenvalue weighted by atomic mass is 16.6. The van der Waals surface area contributed by atoms with E-state index in [0.29, 0.717) is 16.9 Å². The fourth-order valence-corrected chi connectivity index (χ4v) is 1.81. The molecule has 21 heavy (non-hydrogen) atoms. The molecule has 8 nitrogen and oxygen atoms in total. The second-order valence-corrected chi connectivity index (χ2v) is 4.26. The lowest BCUT2D eigenvalue weighted by molar-refractivity contribution is -0.392. The Bertz CT molecular complexity index is 745. The highest BCUT2D eigenvalue weighted by molar-refractivity contribution is 5.92. The summed E-state index contributed by atoms with van der Waals surface area (Å²) in [7, 11) is 0. The summed E-state index contributed by atoms with van der Waals surface area (Å²) in [4.78, 5) is 22.2. The van der Waals surface area contributed by atoms with Crippen LogP contribution in [0, 0.1) is 28.4 Å². The van der Waals surface area contributed by atoms with Crippen molar-refractivity contribution >= 4 is 17.4 Å². The Morgan fingerprint density at radius 3 is 2.90 bits per heavy atom. The minimum absolute atomic E-state index is 0.254. The SMILES string of the molecule is Cc1cc([N+](=O)[O-])n(CC(=O)Nc2ccccc2C#N)n1. The molecule has 0 spiro atoms. The molecule has 1 N–H and O–H groups in total. The van der Waals surface area contributed by atoms with Crippen LogP contribution in [0.4, 0.5) is 11.5 Å². The Morgan fingerprint density at radius 1 is 1.52 bits per heavy atom. The van der Waals surface area contributed by atoms with Crippen LogP contribution in [-0.4, -0.2) is 20.6 Å². The van der Waals surface area contributed by atoms with Gasteiger partial charge in [0.2, 0.25) is 0 Å². The van der Waals surface area contributed by atoms with Gasteiger partial charge < -0.3 is 15.4 Å². The van der Waals surface area contributed by atoms with Crippen molar-refractivity contribution in [1.82, 2.24) is 9.78 Å². The molecule has 1 aromatic heterocycles. The van der Waals surface area contributed by atoms with Gasteiger partial charge in [-0.05, 0) is 24.0 Å². The van der Waals surface area contributed by atoms with Crippen molar-refractivity contribution in [3.63, 3.8) is 0 Å². The Balaban J connectivity index is 2.16. The number of carbonyl (C=O) groups excluding carboxylic acids is 1. The molecule has 0 fully saturated rings. The summed E-state index contributed by atoms with van der Waals surface area (Å²) >= 11 is 0. The van der Waals surface area contributed by atoms with Crippen LogP contribution in [0.3, 0.4) is 0 Å². The first-order valence-electron chi connectivity index (χ1n) is 5.99. The maximum absolute atomic E-state index is 11.9. The quantitative estimate of drug-likeness (QED) is 0.677. The number of nitrogens with one attached hydrogen (secondary N) is 1. The van der Waals surface area contributed by atoms with E-state index < -0.39 is 10.8 Å². The first kappa shape index (κ1) is 14.2. The molecule has 0 radical (unpaired) electrons. The fourth-order valence-electron chi connectivity index (χ4n) is 1.81. The van der Waals surface area contributed by atoms with Crippen molar-refractivity contribution in [2.45, 2.75) is 13.5 Å². The van der Waals surface area contributed by atoms with Crippen molar-refractivity contribution < 1.29 is 9.72 Å². The Hall–Kier alpha value is -3.21. The van der Waals surface area contributed by atoms with Gasteiger partial charge in [-0.25, -0.2) is 0 Å². The van der Waals surface area contributed by atoms with Crippen molar-refractivity contribution in [3.05, 3.63) is 51.7 Å². The number of para-hydroxylation sites is 1. The van der Waals surface area contributed by atoms with E-state index in [2.05, 4.69) is 10.4 Å². The molecule has 0 saturated carbocycles. The molecule has 8 heteroatoms. The number of rotatable bonds is 4. The number of hydrogen-bond donors (Lipinski definition) is 1. The number of carbonyl (C=O) groups is 1. The normalized spacial score (nSPS) is 9.90. The minimum Gasteiger partial charge on any atom is -0.358 e. The van der Waals surface area contributed by atoms with Gasteiger partial charge in [-0.1, -0.05) is 17.2 Å². The van der Waals surface area contributed by atoms with Gasteiger partial charge in [-0.3, -0.25) is 4.79 Å². The van der Waals surface area contributed by atoms with E-state index in [4.69, 9.17) is 5.26 Å². The molecule has 0 aliphatic rings. The van der Waals surface area contributed by atoms with Gasteiger partial charge >= 0.3 is 5.82 Å². The van der Waals surface area contributed by atoms with Crippen LogP contribution in [-0.2, 0) is 11.3 Å². The number of amides is 1. The molecular weight excluding hydrogens is 274 g/mol. The van der Waals surface area contributed by atoms with Gasteiger partial charge in [0.25, 0.3) is 5.91 Å². The van der Waals surface area contributed by atoms with Gasteiger partial charge in [0.1, 0.15) is 6.07 Å². The fraction of sp³-hybridized carbons (Fsp3) is 0.154. The summed E-state index contributed by atoms with van der Waals surface area (Å²) in [5.41, 5.74) is 1.13. The second kappa shape index (κ2) is 5.83. The number of nitro groups is 1. The zero-order valence-electron chi connectivity index (χ0n) is 11.1. The van der Waals surface area contributed by atoms with E-state index in [-0.39, 0.29) is 12.4 Å². The summed E-state index contributed by atoms with van der Waals surface area (Å²) in [6.07, 6.45) is 0. The predicted molar refractivity (Wildman–Crippen MR) is 73.4 cm³/mol. The number of hydrogen-bond acceptors (Lipinski definition) is 5. The van der Waals surface area contributed by atoms with E-state index in [1.165, 1.54) is 6.07 Å². The van der Waals surface area contributed by atoms with Gasteiger partial charge in [-0.15, -0.1) is 4.68 Å². The summed E-state index contributed by atoms with van der Waals surface area (Å²) in [5.74, 6) is -0.750. The number of benzene rings is 1. The number of nitrogens with zero attached hydrogens (tertiary/aromatic N) is 4. The van der Waals surface area contributed by atoms with Crippen LogP contribution in [0.1, 0.15) is 11.3 Å². The molecule has 1 heterocycles. The lowest BCUT2D eigenvalue weighted by atomic mass is 10.2. The molecule has 0 saturated heterocycles. The highest BCUT2D eigenvalue weighted by Crippen LogP contribution is 2.15. The third kappa shape index (κ3) is 3.22. The molecule has 0 unspecified atom stereocenters. The van der Waals surface area contributed by atoms with Gasteiger partial charge in [0, 0.05) is 0 Å². The van der Waals surface area contributed by atoms with Crippen LogP contribution in [0.2, 0.25) is 0 Å². The standard InChI is InChI=1S/C13H11N5O3/c1-9-6-13(18(20)21)17(16-9)8-12(19)15-11-5-3-2-4-10(11)7-14/h2-6H,8H2,1H3,(H,15,19). The number of aryl methyl sites for hydroxylation is 1. The lowest BCUT2D eigenvalue weighted by Crippen LogP contribution is -2.21. The summed E-state index contributed by atoms with van der Waals surface area (Å²) in [5, 5.41) is 26.2. The maximum atomic E-state index is 11.9. The van der Waals surface area contributed by atoms with Gasteiger partial charge in [0.15, 0.2) is 6.54 Å². The average Bonchev–Trinajstić information content (AvgIpc) is 2.80. The highest BCUT2D eigenvalue weighted by Gasteiger charge is 2.19. The summed E-state index contributed by atoms with van der Waals surface area (Å²) in [6, 6.07) is 9.74. The van der Waals surface area contributed by atoms with Crippen molar-refractivity contribution in [1.29, 1.82) is 5.26 Å². The molecule has 0 aliphatic heterocycles. The van der Waals surface area contributed by atoms with E-state index >= 15 is 0 Å². The van der Waals surface area contributed by atoms with Crippen LogP contribution in [0.15, 0.2) is 30.3 Å². The van der Waals surface area contributed by atoms with E-state index in [0.717, 1.165) is 4.68 Å². The predicted octanol–water partition coefficient (Wildman–Crippen LogP) is 1.61. The Labute approximate surface area is 119 Å². The molecule has 2 rings (SSSR count). The molecule has 0 atom stereocenters. The topological polar surface area (TPSA) is 114 Å². The van der Waals surface area contributed by atoms with Crippen molar-refractivity contribution in [3.8, 4) is 6.07 Å². The third-order valence-electron chi connectivity index (χ3n) is 2.68. The monoisotopic (exact) mass is 285 g/mol. The van der Waals surface area contributed by atoms with Crippen LogP contribution >= 0.6 is 0 Å². The number of anilines is 1. The second-order valence-electron chi connectivity index (χ2n) is 4.26. The molecular formula is C13H11N5O3. The Kier molecular flexibility index (Phi) is 3.95. The van der Waals surface area contributed by atoms with Gasteiger partial charge in [-0.2, -0.15) is 5.26 Å². The summed E-state index contributed by atoms with van der Waals surface area (Å²) < 4.78 is 1.01. The number of nitriles is 1. The van der Waals surface area contributed by atoms with Crippen LogP contribution in [0.5, 0.6) is 0 Å². The molecule has 1 aromatic carbocycles. The van der Waals surface area contributed by atoms with Gasteiger partial charge in [0.05, 0.1) is 23.0 Å². The van der Waals surface area contributed by atoms with Crippen LogP contribution < -0.4 is 5.32 Å². The van der Waals surface area contributed by atoms with Crippen LogP contribution in [0.25, 0.3) is 0 Å². The number of aromatic nitrogens is 2. The lowest BCUT2D eigenvalue weighted by Gasteiger charge is -2.05. The van der Waals surface area contributed by atoms with E-state index in [9.17, 15) is 14.9 Å². The summed E-state index contributed by atoms with van der Waals surface area (Å²) in [6.45, 7) is 1.30. The van der Waals surface area contributed by atoms with E-state index in [1.807, 2.05) is 6.07 Å². The average molecular weight is 285 g/mol. The Morgan fingerprint density at radius 2 is 2.24 bits per heavy atom.